The number of rotatable bonds is 12. The monoisotopic (exact) mass is 491 g/mol. The zero-order valence-electron chi connectivity index (χ0n) is 21.6. The number of unbranched alkanes of at least 4 members (excludes halogenated alkanes) is 2. The van der Waals surface area contributed by atoms with Crippen molar-refractivity contribution in [1.82, 2.24) is 0 Å². The van der Waals surface area contributed by atoms with Crippen LogP contribution in [0.2, 0.25) is 0 Å². The van der Waals surface area contributed by atoms with Gasteiger partial charge in [0.2, 0.25) is 0 Å². The van der Waals surface area contributed by atoms with E-state index in [2.05, 4.69) is 56.4 Å². The molecular weight excluding hydrogens is 453 g/mol. The third kappa shape index (κ3) is 6.86. The van der Waals surface area contributed by atoms with Crippen LogP contribution in [0.4, 0.5) is 10.1 Å². The maximum atomic E-state index is 13.6. The fraction of sp³-hybridized carbons (Fsp3) is 0.419. The molecule has 1 aliphatic rings. The van der Waals surface area contributed by atoms with Crippen molar-refractivity contribution < 1.29 is 18.6 Å². The second-order valence-corrected chi connectivity index (χ2v) is 9.97. The van der Waals surface area contributed by atoms with Crippen LogP contribution in [0, 0.1) is 5.82 Å². The van der Waals surface area contributed by atoms with Crippen LogP contribution in [0.3, 0.4) is 0 Å². The number of anilines is 1. The van der Waals surface area contributed by atoms with Crippen LogP contribution in [0.1, 0.15) is 62.8 Å². The van der Waals surface area contributed by atoms with Crippen molar-refractivity contribution in [2.24, 2.45) is 0 Å². The first kappa shape index (κ1) is 26.2. The molecule has 5 heteroatoms. The molecule has 1 aliphatic heterocycles. The summed E-state index contributed by atoms with van der Waals surface area (Å²) in [7, 11) is 0. The molecule has 0 amide bonds. The molecule has 0 aliphatic carbocycles. The van der Waals surface area contributed by atoms with E-state index >= 15 is 0 Å². The van der Waals surface area contributed by atoms with E-state index < -0.39 is 5.60 Å². The second kappa shape index (κ2) is 12.4. The number of benzene rings is 3. The molecule has 36 heavy (non-hydrogen) atoms. The van der Waals surface area contributed by atoms with Crippen LogP contribution in [-0.2, 0) is 22.4 Å². The van der Waals surface area contributed by atoms with Gasteiger partial charge in [-0.25, -0.2) is 4.39 Å². The molecule has 0 bridgehead atoms. The largest absolute Gasteiger partial charge is 0.485 e. The highest BCUT2D eigenvalue weighted by Crippen LogP contribution is 2.44. The molecule has 2 unspecified atom stereocenters. The van der Waals surface area contributed by atoms with Gasteiger partial charge in [-0.3, -0.25) is 0 Å². The molecule has 4 rings (SSSR count). The van der Waals surface area contributed by atoms with Crippen molar-refractivity contribution in [3.63, 3.8) is 0 Å². The molecule has 3 aromatic carbocycles. The molecule has 0 fully saturated rings. The average Bonchev–Trinajstić information content (AvgIpc) is 2.87. The van der Waals surface area contributed by atoms with Crippen molar-refractivity contribution in [3.8, 4) is 5.75 Å². The lowest BCUT2D eigenvalue weighted by Gasteiger charge is -2.44. The van der Waals surface area contributed by atoms with Crippen LogP contribution in [0.15, 0.2) is 72.8 Å². The Morgan fingerprint density at radius 2 is 1.69 bits per heavy atom. The van der Waals surface area contributed by atoms with Gasteiger partial charge < -0.3 is 19.5 Å². The molecular formula is C31H38FNO3. The number of nitrogens with one attached hydrogen (secondary N) is 1. The minimum atomic E-state index is -0.535. The predicted octanol–water partition coefficient (Wildman–Crippen LogP) is 7.48. The second-order valence-electron chi connectivity index (χ2n) is 9.97. The van der Waals surface area contributed by atoms with E-state index in [0.717, 1.165) is 48.2 Å². The summed E-state index contributed by atoms with van der Waals surface area (Å²) in [6, 6.07) is 23.1. The highest BCUT2D eigenvalue weighted by atomic mass is 19.1. The van der Waals surface area contributed by atoms with E-state index in [0.29, 0.717) is 19.8 Å². The summed E-state index contributed by atoms with van der Waals surface area (Å²) in [6.45, 7) is 8.13. The van der Waals surface area contributed by atoms with E-state index in [1.54, 1.807) is 12.1 Å². The number of ether oxygens (including phenoxy) is 3. The normalized spacial score (nSPS) is 18.3. The van der Waals surface area contributed by atoms with Gasteiger partial charge in [0.1, 0.15) is 29.4 Å². The van der Waals surface area contributed by atoms with Crippen LogP contribution >= 0.6 is 0 Å². The Labute approximate surface area is 214 Å². The quantitative estimate of drug-likeness (QED) is 0.267. The van der Waals surface area contributed by atoms with Gasteiger partial charge in [0.25, 0.3) is 0 Å². The van der Waals surface area contributed by atoms with E-state index in [-0.39, 0.29) is 18.0 Å². The molecule has 2 atom stereocenters. The third-order valence-electron chi connectivity index (χ3n) is 6.61. The van der Waals surface area contributed by atoms with Crippen LogP contribution in [0.25, 0.3) is 0 Å². The zero-order valence-corrected chi connectivity index (χ0v) is 21.6. The summed E-state index contributed by atoms with van der Waals surface area (Å²) < 4.78 is 33.0. The first-order valence-electron chi connectivity index (χ1n) is 13.0. The van der Waals surface area contributed by atoms with Crippen LogP contribution in [-0.4, -0.2) is 24.9 Å². The fourth-order valence-corrected chi connectivity index (χ4v) is 4.67. The van der Waals surface area contributed by atoms with Gasteiger partial charge in [0.05, 0.1) is 6.61 Å². The van der Waals surface area contributed by atoms with Crippen LogP contribution in [0.5, 0.6) is 5.75 Å². The Morgan fingerprint density at radius 1 is 0.889 bits per heavy atom. The van der Waals surface area contributed by atoms with Crippen molar-refractivity contribution in [2.75, 3.05) is 18.5 Å². The van der Waals surface area contributed by atoms with Gasteiger partial charge >= 0.3 is 0 Å². The highest BCUT2D eigenvalue weighted by molar-refractivity contribution is 5.54. The van der Waals surface area contributed by atoms with Crippen molar-refractivity contribution in [2.45, 2.75) is 70.8 Å². The average molecular weight is 492 g/mol. The fourth-order valence-electron chi connectivity index (χ4n) is 4.67. The Hall–Kier alpha value is -2.89. The SMILES string of the molecule is CCCCCOC1C(OCCc2ccccc2)c2cc(NCc3cccc(F)c3)ccc2OC1(C)C. The standard InChI is InChI=1S/C31H38FNO3/c1-4-5-9-18-35-30-29(34-19-17-23-11-7-6-8-12-23)27-21-26(15-16-28(27)36-31(30,2)3)33-22-24-13-10-14-25(32)20-24/h6-8,10-16,20-21,29-30,33H,4-5,9,17-19,22H2,1-3H3. The first-order valence-corrected chi connectivity index (χ1v) is 13.0. The molecule has 0 saturated heterocycles. The van der Waals surface area contributed by atoms with E-state index in [9.17, 15) is 4.39 Å². The summed E-state index contributed by atoms with van der Waals surface area (Å²) in [5.41, 5.74) is 3.51. The van der Waals surface area contributed by atoms with Gasteiger partial charge in [-0.1, -0.05) is 62.2 Å². The van der Waals surface area contributed by atoms with E-state index in [4.69, 9.17) is 14.2 Å². The summed E-state index contributed by atoms with van der Waals surface area (Å²) in [5.74, 6) is 0.583. The Balaban J connectivity index is 1.54. The molecule has 1 heterocycles. The first-order chi connectivity index (χ1) is 17.5. The summed E-state index contributed by atoms with van der Waals surface area (Å²) in [5, 5.41) is 3.42. The van der Waals surface area contributed by atoms with Crippen molar-refractivity contribution in [3.05, 3.63) is 95.3 Å². The minimum absolute atomic E-state index is 0.231. The molecule has 3 aromatic rings. The molecule has 192 valence electrons. The third-order valence-corrected chi connectivity index (χ3v) is 6.61. The maximum absolute atomic E-state index is 13.6. The van der Waals surface area contributed by atoms with Crippen molar-refractivity contribution in [1.29, 1.82) is 0 Å². The smallest absolute Gasteiger partial charge is 0.132 e. The zero-order chi connectivity index (χ0) is 25.4. The Kier molecular flexibility index (Phi) is 9.00. The van der Waals surface area contributed by atoms with Gasteiger partial charge in [0.15, 0.2) is 0 Å². The minimum Gasteiger partial charge on any atom is -0.485 e. The van der Waals surface area contributed by atoms with Gasteiger partial charge in [-0.05, 0) is 68.1 Å². The topological polar surface area (TPSA) is 39.7 Å². The lowest BCUT2D eigenvalue weighted by atomic mass is 9.87. The van der Waals surface area contributed by atoms with Gasteiger partial charge in [-0.2, -0.15) is 0 Å². The van der Waals surface area contributed by atoms with Crippen LogP contribution < -0.4 is 10.1 Å². The maximum Gasteiger partial charge on any atom is 0.132 e. The summed E-state index contributed by atoms with van der Waals surface area (Å²) in [6.07, 6.45) is 3.63. The number of hydrogen-bond acceptors (Lipinski definition) is 4. The Morgan fingerprint density at radius 3 is 2.47 bits per heavy atom. The number of hydrogen-bond donors (Lipinski definition) is 1. The highest BCUT2D eigenvalue weighted by Gasteiger charge is 2.45. The molecule has 1 N–H and O–H groups in total. The lowest BCUT2D eigenvalue weighted by molar-refractivity contribution is -0.162. The predicted molar refractivity (Wildman–Crippen MR) is 143 cm³/mol. The molecule has 4 nitrogen and oxygen atoms in total. The molecule has 0 saturated carbocycles. The van der Waals surface area contributed by atoms with Crippen molar-refractivity contribution >= 4 is 5.69 Å². The summed E-state index contributed by atoms with van der Waals surface area (Å²) in [4.78, 5) is 0. The molecule has 0 spiro atoms. The van der Waals surface area contributed by atoms with E-state index in [1.807, 2.05) is 24.3 Å². The van der Waals surface area contributed by atoms with E-state index in [1.165, 1.54) is 11.6 Å². The van der Waals surface area contributed by atoms with Gasteiger partial charge in [-0.15, -0.1) is 0 Å². The molecule has 0 aromatic heterocycles. The number of fused-ring (bicyclic) bond motifs is 1. The Bertz CT molecular complexity index is 1100. The summed E-state index contributed by atoms with van der Waals surface area (Å²) >= 11 is 0. The number of halogens is 1. The van der Waals surface area contributed by atoms with Gasteiger partial charge in [0, 0.05) is 24.4 Å². The lowest BCUT2D eigenvalue weighted by Crippen LogP contribution is -2.51. The molecule has 0 radical (unpaired) electrons.